The first-order chi connectivity index (χ1) is 11.8. The number of rotatable bonds is 5. The summed E-state index contributed by atoms with van der Waals surface area (Å²) in [7, 11) is -0.509. The van der Waals surface area contributed by atoms with Crippen LogP contribution in [0.5, 0.6) is 0 Å². The normalized spacial score (nSPS) is 12.0. The van der Waals surface area contributed by atoms with E-state index in [1.165, 1.54) is 40.2 Å². The van der Waals surface area contributed by atoms with E-state index in [1.54, 1.807) is 29.8 Å². The predicted molar refractivity (Wildman–Crippen MR) is 98.7 cm³/mol. The zero-order valence-electron chi connectivity index (χ0n) is 14.1. The molecule has 0 unspecified atom stereocenters. The largest absolute Gasteiger partial charge is 0.379 e. The number of hydrogen-bond donors (Lipinski definition) is 1. The van der Waals surface area contributed by atoms with Crippen LogP contribution in [0.4, 0.5) is 5.69 Å². The summed E-state index contributed by atoms with van der Waals surface area (Å²) >= 11 is 1.39. The van der Waals surface area contributed by atoms with Crippen molar-refractivity contribution in [2.45, 2.75) is 18.4 Å². The third kappa shape index (κ3) is 3.44. The fourth-order valence-electron chi connectivity index (χ4n) is 2.33. The number of sulfonamides is 1. The Hall–Kier alpha value is -2.23. The monoisotopic (exact) mass is 378 g/mol. The third-order valence-electron chi connectivity index (χ3n) is 3.80. The Morgan fingerprint density at radius 1 is 1.28 bits per heavy atom. The number of benzene rings is 1. The topological polar surface area (TPSA) is 83.8 Å². The molecule has 0 atom stereocenters. The molecule has 0 fully saturated rings. The maximum atomic E-state index is 12.3. The molecule has 3 aromatic rings. The summed E-state index contributed by atoms with van der Waals surface area (Å²) in [5, 5.41) is 4.98. The van der Waals surface area contributed by atoms with Crippen LogP contribution in [0.3, 0.4) is 0 Å². The van der Waals surface area contributed by atoms with E-state index in [9.17, 15) is 13.2 Å². The van der Waals surface area contributed by atoms with E-state index in [-0.39, 0.29) is 10.5 Å². The van der Waals surface area contributed by atoms with Gasteiger partial charge in [-0.2, -0.15) is 0 Å². The molecule has 0 aliphatic carbocycles. The van der Waals surface area contributed by atoms with Gasteiger partial charge < -0.3 is 5.32 Å². The number of hydrogen-bond acceptors (Lipinski definition) is 6. The molecule has 7 nitrogen and oxygen atoms in total. The molecule has 1 N–H and O–H groups in total. The van der Waals surface area contributed by atoms with Gasteiger partial charge in [-0.25, -0.2) is 17.7 Å². The molecule has 0 saturated heterocycles. The third-order valence-corrected chi connectivity index (χ3v) is 6.37. The molecular weight excluding hydrogens is 360 g/mol. The van der Waals surface area contributed by atoms with Crippen LogP contribution in [0, 0.1) is 6.92 Å². The number of anilines is 1. The van der Waals surface area contributed by atoms with Crippen LogP contribution in [0.15, 0.2) is 45.5 Å². The molecule has 3 rings (SSSR count). The first-order valence-electron chi connectivity index (χ1n) is 7.52. The molecule has 9 heteroatoms. The molecule has 0 bridgehead atoms. The number of fused-ring (bicyclic) bond motifs is 1. The van der Waals surface area contributed by atoms with Crippen molar-refractivity contribution in [2.24, 2.45) is 0 Å². The Kier molecular flexibility index (Phi) is 4.63. The number of thiazole rings is 1. The maximum absolute atomic E-state index is 12.3. The highest BCUT2D eigenvalue weighted by atomic mass is 32.2. The Morgan fingerprint density at radius 3 is 2.76 bits per heavy atom. The molecule has 132 valence electrons. The summed E-state index contributed by atoms with van der Waals surface area (Å²) in [4.78, 5) is 17.3. The van der Waals surface area contributed by atoms with Crippen LogP contribution in [-0.4, -0.2) is 36.2 Å². The maximum Gasteiger partial charge on any atom is 0.258 e. The Balaban J connectivity index is 1.88. The van der Waals surface area contributed by atoms with Crippen molar-refractivity contribution < 1.29 is 8.42 Å². The minimum absolute atomic E-state index is 0.135. The lowest BCUT2D eigenvalue weighted by Gasteiger charge is -2.15. The summed E-state index contributed by atoms with van der Waals surface area (Å²) in [6.07, 6.45) is 1.69. The molecule has 2 heterocycles. The second kappa shape index (κ2) is 6.58. The fraction of sp³-hybridized carbons (Fsp3) is 0.250. The van der Waals surface area contributed by atoms with Crippen LogP contribution in [-0.2, 0) is 16.6 Å². The lowest BCUT2D eigenvalue weighted by atomic mass is 10.2. The molecule has 0 radical (unpaired) electrons. The van der Waals surface area contributed by atoms with Gasteiger partial charge >= 0.3 is 0 Å². The number of aryl methyl sites for hydroxylation is 1. The van der Waals surface area contributed by atoms with Gasteiger partial charge in [0.15, 0.2) is 4.96 Å². The average Bonchev–Trinajstić information content (AvgIpc) is 3.03. The van der Waals surface area contributed by atoms with E-state index in [0.29, 0.717) is 22.9 Å². The van der Waals surface area contributed by atoms with Crippen molar-refractivity contribution in [1.82, 2.24) is 13.7 Å². The van der Waals surface area contributed by atoms with Gasteiger partial charge in [-0.15, -0.1) is 11.3 Å². The summed E-state index contributed by atoms with van der Waals surface area (Å²) < 4.78 is 27.2. The zero-order chi connectivity index (χ0) is 18.2. The van der Waals surface area contributed by atoms with E-state index in [2.05, 4.69) is 10.3 Å². The van der Waals surface area contributed by atoms with Crippen molar-refractivity contribution in [3.63, 3.8) is 0 Å². The lowest BCUT2D eigenvalue weighted by Crippen LogP contribution is -2.22. The smallest absolute Gasteiger partial charge is 0.258 e. The lowest BCUT2D eigenvalue weighted by molar-refractivity contribution is 0.521. The molecule has 0 aliphatic heterocycles. The summed E-state index contributed by atoms with van der Waals surface area (Å²) in [6.45, 7) is 2.22. The van der Waals surface area contributed by atoms with Crippen molar-refractivity contribution in [3.8, 4) is 0 Å². The summed E-state index contributed by atoms with van der Waals surface area (Å²) in [5.74, 6) is 0. The van der Waals surface area contributed by atoms with Gasteiger partial charge in [-0.1, -0.05) is 6.07 Å². The van der Waals surface area contributed by atoms with Crippen LogP contribution < -0.4 is 10.9 Å². The van der Waals surface area contributed by atoms with Crippen LogP contribution in [0.1, 0.15) is 11.3 Å². The highest BCUT2D eigenvalue weighted by molar-refractivity contribution is 7.89. The zero-order valence-corrected chi connectivity index (χ0v) is 15.7. The highest BCUT2D eigenvalue weighted by Gasteiger charge is 2.18. The Bertz CT molecular complexity index is 1080. The Morgan fingerprint density at radius 2 is 2.04 bits per heavy atom. The fourth-order valence-corrected chi connectivity index (χ4v) is 3.99. The predicted octanol–water partition coefficient (Wildman–Crippen LogP) is 1.93. The van der Waals surface area contributed by atoms with Gasteiger partial charge in [0.2, 0.25) is 10.0 Å². The van der Waals surface area contributed by atoms with Crippen molar-refractivity contribution >= 4 is 32.0 Å². The Labute approximate surface area is 149 Å². The minimum Gasteiger partial charge on any atom is -0.379 e. The van der Waals surface area contributed by atoms with Gasteiger partial charge in [-0.05, 0) is 24.6 Å². The molecule has 1 aromatic carbocycles. The van der Waals surface area contributed by atoms with Crippen molar-refractivity contribution in [2.75, 3.05) is 19.4 Å². The number of nitrogens with zero attached hydrogens (tertiary/aromatic N) is 3. The second-order valence-electron chi connectivity index (χ2n) is 5.76. The molecule has 0 aliphatic rings. The minimum atomic E-state index is -3.50. The molecule has 25 heavy (non-hydrogen) atoms. The SMILES string of the molecule is Cc1ccc(S(=O)(=O)N(C)C)cc1NCc1cc(=O)n2ccsc2n1. The second-order valence-corrected chi connectivity index (χ2v) is 8.78. The van der Waals surface area contributed by atoms with Crippen molar-refractivity contribution in [1.29, 1.82) is 0 Å². The van der Waals surface area contributed by atoms with Crippen LogP contribution in [0.2, 0.25) is 0 Å². The highest BCUT2D eigenvalue weighted by Crippen LogP contribution is 2.22. The van der Waals surface area contributed by atoms with Crippen LogP contribution in [0.25, 0.3) is 4.96 Å². The first kappa shape index (κ1) is 17.6. The summed E-state index contributed by atoms with van der Waals surface area (Å²) in [6, 6.07) is 6.41. The molecular formula is C16H18N4O3S2. The van der Waals surface area contributed by atoms with Gasteiger partial charge in [0.05, 0.1) is 17.1 Å². The van der Waals surface area contributed by atoms with Crippen LogP contribution >= 0.6 is 11.3 Å². The van der Waals surface area contributed by atoms with Gasteiger partial charge in [0, 0.05) is 37.4 Å². The van der Waals surface area contributed by atoms with Gasteiger partial charge in [0.1, 0.15) is 0 Å². The molecule has 0 spiro atoms. The number of nitrogens with one attached hydrogen (secondary N) is 1. The molecule has 2 aromatic heterocycles. The summed E-state index contributed by atoms with van der Waals surface area (Å²) in [5.41, 5.74) is 2.07. The van der Waals surface area contributed by atoms with Gasteiger partial charge in [0.25, 0.3) is 5.56 Å². The van der Waals surface area contributed by atoms with Gasteiger partial charge in [-0.3, -0.25) is 9.20 Å². The van der Waals surface area contributed by atoms with E-state index in [4.69, 9.17) is 0 Å². The standard InChI is InChI=1S/C16H18N4O3S2/c1-11-4-5-13(25(22,23)19(2)3)9-14(11)17-10-12-8-15(21)20-6-7-24-16(20)18-12/h4-9,17H,10H2,1-3H3. The average molecular weight is 378 g/mol. The first-order valence-corrected chi connectivity index (χ1v) is 9.84. The van der Waals surface area contributed by atoms with Crippen molar-refractivity contribution in [3.05, 3.63) is 57.5 Å². The van der Waals surface area contributed by atoms with E-state index < -0.39 is 10.0 Å². The van der Waals surface area contributed by atoms with E-state index >= 15 is 0 Å². The molecule has 0 amide bonds. The van der Waals surface area contributed by atoms with E-state index in [1.807, 2.05) is 6.92 Å². The quantitative estimate of drug-likeness (QED) is 0.733. The van der Waals surface area contributed by atoms with E-state index in [0.717, 1.165) is 5.56 Å². The number of aromatic nitrogens is 2. The molecule has 0 saturated carbocycles.